The molecule has 1 aliphatic rings. The number of aromatic amines is 1. The first-order valence-electron chi connectivity index (χ1n) is 10.9. The number of anilines is 3. The number of hydrogen-bond acceptors (Lipinski definition) is 7. The first-order valence-corrected chi connectivity index (χ1v) is 10.9. The van der Waals surface area contributed by atoms with Gasteiger partial charge >= 0.3 is 0 Å². The van der Waals surface area contributed by atoms with E-state index in [1.165, 1.54) is 0 Å². The lowest BCUT2D eigenvalue weighted by atomic mass is 9.94. The Balaban J connectivity index is 1.33. The van der Waals surface area contributed by atoms with Crippen LogP contribution in [-0.4, -0.2) is 66.9 Å². The molecule has 170 valence electrons. The summed E-state index contributed by atoms with van der Waals surface area (Å²) in [5.41, 5.74) is 0.809. The van der Waals surface area contributed by atoms with E-state index >= 15 is 0 Å². The van der Waals surface area contributed by atoms with E-state index in [9.17, 15) is 9.90 Å². The second kappa shape index (κ2) is 8.21. The van der Waals surface area contributed by atoms with Crippen molar-refractivity contribution in [1.29, 1.82) is 0 Å². The van der Waals surface area contributed by atoms with Crippen LogP contribution in [0.1, 0.15) is 18.2 Å². The van der Waals surface area contributed by atoms with Crippen LogP contribution >= 0.6 is 0 Å². The zero-order valence-corrected chi connectivity index (χ0v) is 18.6. The molecule has 0 aliphatic carbocycles. The highest BCUT2D eigenvalue weighted by atomic mass is 16.3. The summed E-state index contributed by atoms with van der Waals surface area (Å²) in [6.45, 7) is 5.54. The Morgan fingerprint density at radius 2 is 1.88 bits per heavy atom. The van der Waals surface area contributed by atoms with Gasteiger partial charge in [0.05, 0.1) is 0 Å². The molecule has 5 rings (SSSR count). The highest BCUT2D eigenvalue weighted by Crippen LogP contribution is 2.26. The van der Waals surface area contributed by atoms with Crippen LogP contribution in [0.3, 0.4) is 0 Å². The van der Waals surface area contributed by atoms with Gasteiger partial charge in [-0.05, 0) is 31.5 Å². The van der Waals surface area contributed by atoms with Crippen LogP contribution in [0.25, 0.3) is 5.52 Å². The Morgan fingerprint density at radius 3 is 2.58 bits per heavy atom. The number of H-pyrrole nitrogens is 1. The van der Waals surface area contributed by atoms with Crippen LogP contribution < -0.4 is 10.2 Å². The molecule has 1 amide bonds. The van der Waals surface area contributed by atoms with E-state index in [1.54, 1.807) is 28.5 Å². The fourth-order valence-corrected chi connectivity index (χ4v) is 4.06. The van der Waals surface area contributed by atoms with E-state index < -0.39 is 5.60 Å². The molecule has 33 heavy (non-hydrogen) atoms. The number of benzene rings is 1. The van der Waals surface area contributed by atoms with Gasteiger partial charge in [0, 0.05) is 44.1 Å². The third-order valence-corrected chi connectivity index (χ3v) is 5.93. The molecule has 10 nitrogen and oxygen atoms in total. The SMILES string of the molecule is Cc1cc(Nc2nc(N3CCN(C(=O)C(C)(O)c4ccccc4)CC3)nn3cccc23)n[nH]1. The predicted molar refractivity (Wildman–Crippen MR) is 124 cm³/mol. The number of aliphatic hydroxyl groups is 1. The van der Waals surface area contributed by atoms with Crippen molar-refractivity contribution < 1.29 is 9.90 Å². The molecule has 3 aromatic heterocycles. The minimum absolute atomic E-state index is 0.300. The highest BCUT2D eigenvalue weighted by Gasteiger charge is 2.37. The first-order chi connectivity index (χ1) is 15.9. The quantitative estimate of drug-likeness (QED) is 0.430. The molecule has 1 unspecified atom stereocenters. The molecule has 1 saturated heterocycles. The summed E-state index contributed by atoms with van der Waals surface area (Å²) in [5, 5.41) is 26.0. The molecule has 0 radical (unpaired) electrons. The minimum atomic E-state index is -1.57. The van der Waals surface area contributed by atoms with E-state index in [0.29, 0.717) is 49.3 Å². The number of nitrogens with zero attached hydrogens (tertiary/aromatic N) is 6. The van der Waals surface area contributed by atoms with Crippen LogP contribution in [0.2, 0.25) is 0 Å². The van der Waals surface area contributed by atoms with Gasteiger partial charge in [-0.1, -0.05) is 30.3 Å². The van der Waals surface area contributed by atoms with Gasteiger partial charge in [-0.25, -0.2) is 4.52 Å². The number of aryl methyl sites for hydroxylation is 1. The number of nitrogens with one attached hydrogen (secondary N) is 2. The van der Waals surface area contributed by atoms with E-state index in [0.717, 1.165) is 11.2 Å². The molecule has 1 atom stereocenters. The fraction of sp³-hybridized carbons (Fsp3) is 0.304. The molecule has 1 fully saturated rings. The van der Waals surface area contributed by atoms with Gasteiger partial charge < -0.3 is 20.2 Å². The number of amides is 1. The van der Waals surface area contributed by atoms with Crippen LogP contribution in [0, 0.1) is 6.92 Å². The lowest BCUT2D eigenvalue weighted by Gasteiger charge is -2.38. The molecule has 0 bridgehead atoms. The second-order valence-electron chi connectivity index (χ2n) is 8.38. The maximum atomic E-state index is 13.1. The lowest BCUT2D eigenvalue weighted by Crippen LogP contribution is -2.54. The summed E-state index contributed by atoms with van der Waals surface area (Å²) >= 11 is 0. The zero-order chi connectivity index (χ0) is 23.0. The molecular formula is C23H26N8O2. The maximum absolute atomic E-state index is 13.1. The van der Waals surface area contributed by atoms with E-state index in [-0.39, 0.29) is 5.91 Å². The number of hydrogen-bond donors (Lipinski definition) is 3. The Labute approximate surface area is 190 Å². The van der Waals surface area contributed by atoms with Gasteiger partial charge in [-0.15, -0.1) is 5.10 Å². The smallest absolute Gasteiger partial charge is 0.259 e. The number of rotatable bonds is 5. The van der Waals surface area contributed by atoms with Crippen molar-refractivity contribution >= 4 is 29.0 Å². The second-order valence-corrected chi connectivity index (χ2v) is 8.38. The Kier molecular flexibility index (Phi) is 5.21. The number of fused-ring (bicyclic) bond motifs is 1. The molecule has 0 spiro atoms. The largest absolute Gasteiger partial charge is 0.376 e. The molecule has 1 aliphatic heterocycles. The average Bonchev–Trinajstić information content (AvgIpc) is 3.48. The van der Waals surface area contributed by atoms with E-state index in [4.69, 9.17) is 4.98 Å². The van der Waals surface area contributed by atoms with Crippen molar-refractivity contribution in [3.05, 3.63) is 66.0 Å². The van der Waals surface area contributed by atoms with Gasteiger partial charge in [0.1, 0.15) is 5.52 Å². The normalized spacial score (nSPS) is 16.1. The predicted octanol–water partition coefficient (Wildman–Crippen LogP) is 2.06. The van der Waals surface area contributed by atoms with Crippen molar-refractivity contribution in [3.8, 4) is 0 Å². The Hall–Kier alpha value is -3.92. The van der Waals surface area contributed by atoms with Gasteiger partial charge in [-0.2, -0.15) is 10.1 Å². The van der Waals surface area contributed by atoms with Crippen LogP contribution in [0.5, 0.6) is 0 Å². The first kappa shape index (κ1) is 21.0. The summed E-state index contributed by atoms with van der Waals surface area (Å²) in [5.74, 6) is 1.60. The molecule has 4 aromatic rings. The van der Waals surface area contributed by atoms with Crippen molar-refractivity contribution in [2.75, 3.05) is 36.4 Å². The zero-order valence-electron chi connectivity index (χ0n) is 18.6. The Morgan fingerprint density at radius 1 is 1.12 bits per heavy atom. The third kappa shape index (κ3) is 4.00. The minimum Gasteiger partial charge on any atom is -0.376 e. The fourth-order valence-electron chi connectivity index (χ4n) is 4.06. The summed E-state index contributed by atoms with van der Waals surface area (Å²) in [7, 11) is 0. The standard InChI is InChI=1S/C23H26N8O2/c1-16-15-19(27-26-16)24-20-18-9-6-10-31(18)28-22(25-20)30-13-11-29(12-14-30)21(32)23(2,33)17-7-4-3-5-8-17/h3-10,15,33H,11-14H2,1-2H3,(H2,24,25,26,27,28). The number of carbonyl (C=O) groups is 1. The van der Waals surface area contributed by atoms with Gasteiger partial charge in [-0.3, -0.25) is 9.89 Å². The molecule has 3 N–H and O–H groups in total. The lowest BCUT2D eigenvalue weighted by molar-refractivity contribution is -0.151. The molecule has 4 heterocycles. The molecular weight excluding hydrogens is 420 g/mol. The number of aromatic nitrogens is 5. The maximum Gasteiger partial charge on any atom is 0.259 e. The molecule has 0 saturated carbocycles. The summed E-state index contributed by atoms with van der Waals surface area (Å²) in [4.78, 5) is 21.5. The van der Waals surface area contributed by atoms with Crippen LogP contribution in [-0.2, 0) is 10.4 Å². The monoisotopic (exact) mass is 446 g/mol. The molecule has 10 heteroatoms. The van der Waals surface area contributed by atoms with Gasteiger partial charge in [0.25, 0.3) is 5.91 Å². The third-order valence-electron chi connectivity index (χ3n) is 5.93. The van der Waals surface area contributed by atoms with Crippen molar-refractivity contribution in [1.82, 2.24) is 29.7 Å². The Bertz CT molecular complexity index is 1270. The summed E-state index contributed by atoms with van der Waals surface area (Å²) in [6, 6.07) is 14.8. The highest BCUT2D eigenvalue weighted by molar-refractivity contribution is 5.86. The summed E-state index contributed by atoms with van der Waals surface area (Å²) < 4.78 is 1.78. The van der Waals surface area contributed by atoms with Crippen molar-refractivity contribution in [2.24, 2.45) is 0 Å². The van der Waals surface area contributed by atoms with Crippen LogP contribution in [0.4, 0.5) is 17.6 Å². The number of piperazine rings is 1. The van der Waals surface area contributed by atoms with Gasteiger partial charge in [0.2, 0.25) is 5.95 Å². The van der Waals surface area contributed by atoms with Crippen molar-refractivity contribution in [3.63, 3.8) is 0 Å². The van der Waals surface area contributed by atoms with Crippen LogP contribution in [0.15, 0.2) is 54.7 Å². The van der Waals surface area contributed by atoms with Crippen molar-refractivity contribution in [2.45, 2.75) is 19.4 Å². The van der Waals surface area contributed by atoms with E-state index in [1.807, 2.05) is 54.4 Å². The molecule has 1 aromatic carbocycles. The van der Waals surface area contributed by atoms with E-state index in [2.05, 4.69) is 20.6 Å². The van der Waals surface area contributed by atoms with Gasteiger partial charge in [0.15, 0.2) is 17.2 Å². The topological polar surface area (TPSA) is 115 Å². The number of carbonyl (C=O) groups excluding carboxylic acids is 1. The average molecular weight is 447 g/mol. The summed E-state index contributed by atoms with van der Waals surface area (Å²) in [6.07, 6.45) is 1.87.